The minimum absolute atomic E-state index is 0.830. The van der Waals surface area contributed by atoms with Crippen molar-refractivity contribution in [2.75, 3.05) is 11.5 Å². The molecule has 0 amide bonds. The Balaban J connectivity index is 0.000000160. The largest absolute Gasteiger partial charge is 0.399 e. The van der Waals surface area contributed by atoms with Gasteiger partial charge in [-0.2, -0.15) is 0 Å². The van der Waals surface area contributed by atoms with Crippen molar-refractivity contribution in [3.05, 3.63) is 55.7 Å². The lowest BCUT2D eigenvalue weighted by atomic mass is 10.3. The second-order valence-electron chi connectivity index (χ2n) is 3.08. The van der Waals surface area contributed by atoms with Gasteiger partial charge < -0.3 is 11.5 Å². The first-order valence-corrected chi connectivity index (χ1v) is 6.76. The third-order valence-electron chi connectivity index (χ3n) is 1.75. The maximum Gasteiger partial charge on any atom is 0.0449 e. The van der Waals surface area contributed by atoms with Crippen molar-refractivity contribution >= 4 is 56.6 Å². The van der Waals surface area contributed by atoms with Crippen molar-refractivity contribution in [3.8, 4) is 0 Å². The molecule has 0 aliphatic rings. The lowest BCUT2D eigenvalue weighted by Crippen LogP contribution is -1.85. The fraction of sp³-hybridized carbons (Fsp3) is 0. The highest BCUT2D eigenvalue weighted by molar-refractivity contribution is 14.1. The Labute approximate surface area is 123 Å². The topological polar surface area (TPSA) is 52.0 Å². The van der Waals surface area contributed by atoms with Gasteiger partial charge in [0.05, 0.1) is 0 Å². The van der Waals surface area contributed by atoms with Crippen LogP contribution in [0.4, 0.5) is 11.4 Å². The lowest BCUT2D eigenvalue weighted by Gasteiger charge is -1.91. The van der Waals surface area contributed by atoms with Gasteiger partial charge in [-0.25, -0.2) is 0 Å². The Hall–Kier alpha value is -0.500. The Kier molecular flexibility index (Phi) is 5.89. The number of nitrogen functional groups attached to an aromatic ring is 2. The van der Waals surface area contributed by atoms with E-state index in [4.69, 9.17) is 11.5 Å². The number of hydrogen-bond donors (Lipinski definition) is 2. The summed E-state index contributed by atoms with van der Waals surface area (Å²) >= 11 is 4.42. The summed E-state index contributed by atoms with van der Waals surface area (Å²) in [5.41, 5.74) is 12.7. The number of hydrogen-bond acceptors (Lipinski definition) is 2. The Morgan fingerprint density at radius 1 is 0.812 bits per heavy atom. The van der Waals surface area contributed by atoms with Gasteiger partial charge in [-0.1, -0.05) is 18.2 Å². The summed E-state index contributed by atoms with van der Waals surface area (Å²) in [6.45, 7) is 0. The fourth-order valence-electron chi connectivity index (χ4n) is 0.982. The Morgan fingerprint density at radius 3 is 1.88 bits per heavy atom. The maximum atomic E-state index is 5.51. The third-order valence-corrected chi connectivity index (χ3v) is 3.41. The summed E-state index contributed by atoms with van der Waals surface area (Å²) in [6.07, 6.45) is 0. The summed E-state index contributed by atoms with van der Waals surface area (Å²) in [5, 5.41) is 0. The molecule has 0 radical (unpaired) electrons. The van der Waals surface area contributed by atoms with Crippen LogP contribution in [0.15, 0.2) is 48.5 Å². The normalized spacial score (nSPS) is 9.12. The smallest absolute Gasteiger partial charge is 0.0449 e. The van der Waals surface area contributed by atoms with E-state index in [-0.39, 0.29) is 0 Å². The second kappa shape index (κ2) is 6.95. The van der Waals surface area contributed by atoms with E-state index in [1.807, 2.05) is 48.5 Å². The van der Waals surface area contributed by atoms with Crippen LogP contribution in [0.2, 0.25) is 0 Å². The van der Waals surface area contributed by atoms with Crippen molar-refractivity contribution in [3.63, 3.8) is 0 Å². The van der Waals surface area contributed by atoms with E-state index >= 15 is 0 Å². The van der Waals surface area contributed by atoms with Crippen LogP contribution in [0.25, 0.3) is 0 Å². The van der Waals surface area contributed by atoms with Crippen LogP contribution in [0.1, 0.15) is 0 Å². The van der Waals surface area contributed by atoms with Gasteiger partial charge in [0.2, 0.25) is 0 Å². The van der Waals surface area contributed by atoms with E-state index in [1.54, 1.807) is 0 Å². The van der Waals surface area contributed by atoms with Crippen molar-refractivity contribution in [2.24, 2.45) is 0 Å². The van der Waals surface area contributed by atoms with E-state index in [9.17, 15) is 0 Å². The molecule has 2 nitrogen and oxygen atoms in total. The summed E-state index contributed by atoms with van der Waals surface area (Å²) in [5.74, 6) is 0. The summed E-state index contributed by atoms with van der Waals surface area (Å²) in [4.78, 5) is 0. The first-order valence-electron chi connectivity index (χ1n) is 4.60. The van der Waals surface area contributed by atoms with Gasteiger partial charge in [-0.05, 0) is 75.5 Å². The zero-order chi connectivity index (χ0) is 12.0. The van der Waals surface area contributed by atoms with Crippen LogP contribution in [0.3, 0.4) is 0 Å². The predicted molar refractivity (Wildman–Crippen MR) is 87.1 cm³/mol. The number of nitrogens with two attached hydrogens (primary N) is 2. The number of para-hydroxylation sites is 1. The molecule has 2 rings (SSSR count). The first-order chi connectivity index (χ1) is 7.59. The van der Waals surface area contributed by atoms with E-state index < -0.39 is 0 Å². The molecule has 2 aromatic rings. The van der Waals surface area contributed by atoms with Crippen LogP contribution in [0, 0.1) is 7.14 Å². The molecule has 84 valence electrons. The third kappa shape index (κ3) is 5.02. The van der Waals surface area contributed by atoms with Crippen molar-refractivity contribution in [1.82, 2.24) is 0 Å². The molecule has 4 N–H and O–H groups in total. The standard InChI is InChI=1S/2C6H6IN/c7-5-2-1-3-6(8)4-5;7-5-3-1-2-4-6(5)8/h2*1-4H,8H2. The molecule has 0 heterocycles. The molecule has 0 spiro atoms. The Morgan fingerprint density at radius 2 is 1.50 bits per heavy atom. The van der Waals surface area contributed by atoms with Gasteiger partial charge in [0.25, 0.3) is 0 Å². The molecule has 2 aromatic carbocycles. The molecule has 0 saturated carbocycles. The van der Waals surface area contributed by atoms with Gasteiger partial charge in [-0.3, -0.25) is 0 Å². The number of anilines is 2. The van der Waals surface area contributed by atoms with Gasteiger partial charge >= 0.3 is 0 Å². The zero-order valence-corrected chi connectivity index (χ0v) is 12.8. The molecule has 0 unspecified atom stereocenters. The maximum absolute atomic E-state index is 5.51. The fourth-order valence-corrected chi connectivity index (χ4v) is 1.94. The number of rotatable bonds is 0. The summed E-state index contributed by atoms with van der Waals surface area (Å²) in [6, 6.07) is 15.5. The van der Waals surface area contributed by atoms with Gasteiger partial charge in [0, 0.05) is 18.5 Å². The summed E-state index contributed by atoms with van der Waals surface area (Å²) < 4.78 is 2.30. The molecule has 0 aromatic heterocycles. The van der Waals surface area contributed by atoms with E-state index in [1.165, 1.54) is 3.57 Å². The Bertz CT molecular complexity index is 420. The van der Waals surface area contributed by atoms with Crippen LogP contribution in [-0.4, -0.2) is 0 Å². The monoisotopic (exact) mass is 438 g/mol. The summed E-state index contributed by atoms with van der Waals surface area (Å²) in [7, 11) is 0. The van der Waals surface area contributed by atoms with Crippen molar-refractivity contribution in [1.29, 1.82) is 0 Å². The zero-order valence-electron chi connectivity index (χ0n) is 8.53. The van der Waals surface area contributed by atoms with Crippen LogP contribution >= 0.6 is 45.2 Å². The number of halogens is 2. The highest BCUT2D eigenvalue weighted by atomic mass is 127. The molecule has 16 heavy (non-hydrogen) atoms. The van der Waals surface area contributed by atoms with Gasteiger partial charge in [0.1, 0.15) is 0 Å². The highest BCUT2D eigenvalue weighted by Gasteiger charge is 1.86. The minimum Gasteiger partial charge on any atom is -0.399 e. The van der Waals surface area contributed by atoms with Crippen molar-refractivity contribution in [2.45, 2.75) is 0 Å². The SMILES string of the molecule is Nc1cccc(I)c1.Nc1ccccc1I. The molecule has 0 aliphatic heterocycles. The quantitative estimate of drug-likeness (QED) is 0.487. The van der Waals surface area contributed by atoms with Crippen molar-refractivity contribution < 1.29 is 0 Å². The minimum atomic E-state index is 0.830. The molecule has 0 fully saturated rings. The molecule has 0 bridgehead atoms. The van der Waals surface area contributed by atoms with Gasteiger partial charge in [-0.15, -0.1) is 0 Å². The van der Waals surface area contributed by atoms with Crippen LogP contribution in [0.5, 0.6) is 0 Å². The van der Waals surface area contributed by atoms with E-state index in [2.05, 4.69) is 45.2 Å². The van der Waals surface area contributed by atoms with E-state index in [0.29, 0.717) is 0 Å². The van der Waals surface area contributed by atoms with Gasteiger partial charge in [0.15, 0.2) is 0 Å². The molecule has 0 atom stereocenters. The molecule has 0 saturated heterocycles. The van der Waals surface area contributed by atoms with Crippen LogP contribution < -0.4 is 11.5 Å². The molecule has 0 aliphatic carbocycles. The molecule has 4 heteroatoms. The second-order valence-corrected chi connectivity index (χ2v) is 5.48. The predicted octanol–water partition coefficient (Wildman–Crippen LogP) is 3.75. The molecular weight excluding hydrogens is 426 g/mol. The first kappa shape index (κ1) is 13.6. The number of benzene rings is 2. The lowest BCUT2D eigenvalue weighted by molar-refractivity contribution is 1.63. The average molecular weight is 438 g/mol. The van der Waals surface area contributed by atoms with Crippen LogP contribution in [-0.2, 0) is 0 Å². The highest BCUT2D eigenvalue weighted by Crippen LogP contribution is 2.11. The molecular formula is C12H12I2N2. The average Bonchev–Trinajstić information content (AvgIpc) is 2.23. The van der Waals surface area contributed by atoms with E-state index in [0.717, 1.165) is 14.9 Å².